The maximum absolute atomic E-state index is 15.5. The molecule has 4 rings (SSSR count). The van der Waals surface area contributed by atoms with E-state index in [0.717, 1.165) is 33.2 Å². The van der Waals surface area contributed by atoms with Gasteiger partial charge in [-0.25, -0.2) is 36.2 Å². The van der Waals surface area contributed by atoms with Crippen molar-refractivity contribution in [3.8, 4) is 11.1 Å². The van der Waals surface area contributed by atoms with Gasteiger partial charge in [0.2, 0.25) is 0 Å². The summed E-state index contributed by atoms with van der Waals surface area (Å²) in [5.74, 6) is -4.73. The molecule has 0 atom stereocenters. The number of thiazole rings is 1. The maximum Gasteiger partial charge on any atom is 0.427 e. The Morgan fingerprint density at radius 3 is 2.26 bits per heavy atom. The van der Waals surface area contributed by atoms with Crippen LogP contribution >= 0.6 is 11.3 Å². The number of sulfonamides is 1. The highest BCUT2D eigenvalue weighted by Gasteiger charge is 2.38. The molecule has 4 aromatic rings. The van der Waals surface area contributed by atoms with E-state index in [2.05, 4.69) is 9.97 Å². The number of carboxylic acid groups (broad SMARTS) is 1. The normalized spacial score (nSPS) is 11.7. The molecule has 2 aromatic carbocycles. The molecule has 0 saturated heterocycles. The largest absolute Gasteiger partial charge is 0.464 e. The summed E-state index contributed by atoms with van der Waals surface area (Å²) in [6.45, 7) is 5.80. The van der Waals surface area contributed by atoms with Gasteiger partial charge < -0.3 is 9.84 Å². The molecule has 43 heavy (non-hydrogen) atoms. The molecular formula is C28H25F3N4O6S2. The summed E-state index contributed by atoms with van der Waals surface area (Å²) in [6.07, 6.45) is -1.65. The summed E-state index contributed by atoms with van der Waals surface area (Å²) in [4.78, 5) is 32.1. The monoisotopic (exact) mass is 634 g/mol. The standard InChI is InChI=1S/C28H25F3N4O6S2/c1-16-10-17(8-9-32-16)19-6-5-7-21(29)20(19)13-34(27(38)41-28(2,3)4)18-11-22(30)25(23(31)12-18)43(39,40)35(26(36)37)24-14-42-15-33-24/h5-12,14-15H,13H2,1-4H3,(H,36,37). The van der Waals surface area contributed by atoms with Crippen LogP contribution in [0.3, 0.4) is 0 Å². The third-order valence-corrected chi connectivity index (χ3v) is 8.15. The number of aryl methyl sites for hydroxylation is 1. The zero-order valence-corrected chi connectivity index (χ0v) is 24.8. The second-order valence-electron chi connectivity index (χ2n) is 10.2. The number of amides is 2. The molecule has 0 aliphatic rings. The number of nitrogens with zero attached hydrogens (tertiary/aromatic N) is 4. The van der Waals surface area contributed by atoms with Crippen LogP contribution in [0.2, 0.25) is 0 Å². The Morgan fingerprint density at radius 2 is 1.70 bits per heavy atom. The van der Waals surface area contributed by atoms with E-state index in [1.165, 1.54) is 12.3 Å². The fraction of sp³-hybridized carbons (Fsp3) is 0.214. The number of rotatable bonds is 7. The number of carbonyl (C=O) groups excluding carboxylic acids is 1. The zero-order chi connectivity index (χ0) is 31.7. The summed E-state index contributed by atoms with van der Waals surface area (Å²) in [6, 6.07) is 8.56. The Bertz CT molecular complexity index is 1770. The third-order valence-electron chi connectivity index (χ3n) is 5.85. The lowest BCUT2D eigenvalue weighted by Gasteiger charge is -2.29. The summed E-state index contributed by atoms with van der Waals surface area (Å²) >= 11 is 0.861. The third kappa shape index (κ3) is 6.78. The van der Waals surface area contributed by atoms with E-state index >= 15 is 13.2 Å². The van der Waals surface area contributed by atoms with Gasteiger partial charge in [-0.15, -0.1) is 15.6 Å². The van der Waals surface area contributed by atoms with Gasteiger partial charge in [-0.05, 0) is 69.2 Å². The van der Waals surface area contributed by atoms with Crippen molar-refractivity contribution in [3.63, 3.8) is 0 Å². The van der Waals surface area contributed by atoms with Gasteiger partial charge >= 0.3 is 12.2 Å². The maximum atomic E-state index is 15.5. The summed E-state index contributed by atoms with van der Waals surface area (Å²) in [5, 5.41) is 10.6. The molecule has 0 fully saturated rings. The summed E-state index contributed by atoms with van der Waals surface area (Å²) < 4.78 is 77.8. The Kier molecular flexibility index (Phi) is 8.78. The predicted molar refractivity (Wildman–Crippen MR) is 153 cm³/mol. The van der Waals surface area contributed by atoms with Crippen LogP contribution in [0.5, 0.6) is 0 Å². The molecule has 0 unspecified atom stereocenters. The first-order valence-corrected chi connectivity index (χ1v) is 14.8. The number of halogens is 3. The van der Waals surface area contributed by atoms with Gasteiger partial charge in [0.25, 0.3) is 10.0 Å². The van der Waals surface area contributed by atoms with Crippen molar-refractivity contribution in [2.45, 2.75) is 44.7 Å². The van der Waals surface area contributed by atoms with Crippen LogP contribution in [0.4, 0.5) is 34.3 Å². The first-order chi connectivity index (χ1) is 20.1. The number of hydrogen-bond donors (Lipinski definition) is 1. The van der Waals surface area contributed by atoms with Crippen molar-refractivity contribution < 1.29 is 41.0 Å². The molecule has 0 spiro atoms. The molecule has 0 aliphatic heterocycles. The van der Waals surface area contributed by atoms with Crippen LogP contribution in [0.1, 0.15) is 32.0 Å². The van der Waals surface area contributed by atoms with Gasteiger partial charge in [-0.3, -0.25) is 9.88 Å². The summed E-state index contributed by atoms with van der Waals surface area (Å²) in [5.41, 5.74) is 1.06. The van der Waals surface area contributed by atoms with Crippen LogP contribution in [-0.2, 0) is 21.3 Å². The highest BCUT2D eigenvalue weighted by Crippen LogP contribution is 2.34. The SMILES string of the molecule is Cc1cc(-c2cccc(F)c2CN(C(=O)OC(C)(C)C)c2cc(F)c(S(=O)(=O)N(C(=O)O)c3cscn3)c(F)c2)ccn1. The topological polar surface area (TPSA) is 130 Å². The van der Waals surface area contributed by atoms with Crippen molar-refractivity contribution >= 4 is 45.1 Å². The lowest BCUT2D eigenvalue weighted by molar-refractivity contribution is 0.0577. The van der Waals surface area contributed by atoms with E-state index in [1.54, 1.807) is 45.9 Å². The van der Waals surface area contributed by atoms with Crippen LogP contribution in [-0.4, -0.2) is 41.3 Å². The molecule has 15 heteroatoms. The van der Waals surface area contributed by atoms with E-state index in [1.807, 2.05) is 0 Å². The number of carbonyl (C=O) groups is 2. The van der Waals surface area contributed by atoms with Crippen molar-refractivity contribution in [1.29, 1.82) is 0 Å². The van der Waals surface area contributed by atoms with E-state index in [0.29, 0.717) is 29.0 Å². The van der Waals surface area contributed by atoms with Gasteiger partial charge in [0.1, 0.15) is 23.1 Å². The molecule has 0 saturated carbocycles. The first-order valence-electron chi connectivity index (χ1n) is 12.5. The van der Waals surface area contributed by atoms with Crippen molar-refractivity contribution in [2.75, 3.05) is 9.21 Å². The number of pyridine rings is 1. The van der Waals surface area contributed by atoms with Crippen molar-refractivity contribution in [2.24, 2.45) is 0 Å². The van der Waals surface area contributed by atoms with Crippen LogP contribution in [0, 0.1) is 24.4 Å². The van der Waals surface area contributed by atoms with Gasteiger partial charge in [0.15, 0.2) is 10.7 Å². The molecule has 226 valence electrons. The minimum absolute atomic E-state index is 0.0305. The molecule has 0 bridgehead atoms. The average molecular weight is 635 g/mol. The second kappa shape index (κ2) is 12.0. The quantitative estimate of drug-likeness (QED) is 0.236. The Morgan fingerprint density at radius 1 is 1.02 bits per heavy atom. The zero-order valence-electron chi connectivity index (χ0n) is 23.2. The fourth-order valence-corrected chi connectivity index (χ4v) is 6.04. The van der Waals surface area contributed by atoms with Gasteiger partial charge in [-0.2, -0.15) is 0 Å². The molecule has 10 nitrogen and oxygen atoms in total. The van der Waals surface area contributed by atoms with Gasteiger partial charge in [-0.1, -0.05) is 12.1 Å². The molecule has 2 amide bonds. The first kappa shape index (κ1) is 31.4. The molecule has 0 aliphatic carbocycles. The predicted octanol–water partition coefficient (Wildman–Crippen LogP) is 6.75. The average Bonchev–Trinajstić information content (AvgIpc) is 3.39. The van der Waals surface area contributed by atoms with Gasteiger partial charge in [0, 0.05) is 22.8 Å². The number of benzene rings is 2. The molecule has 0 radical (unpaired) electrons. The van der Waals surface area contributed by atoms with E-state index < -0.39 is 68.2 Å². The Labute approximate surface area is 249 Å². The number of aromatic nitrogens is 2. The van der Waals surface area contributed by atoms with Crippen molar-refractivity contribution in [1.82, 2.24) is 9.97 Å². The fourth-order valence-electron chi connectivity index (χ4n) is 4.11. The second-order valence-corrected chi connectivity index (χ2v) is 12.6. The molecule has 2 aromatic heterocycles. The molecule has 1 N–H and O–H groups in total. The molecule has 2 heterocycles. The summed E-state index contributed by atoms with van der Waals surface area (Å²) in [7, 11) is -5.36. The smallest absolute Gasteiger partial charge is 0.427 e. The van der Waals surface area contributed by atoms with Crippen LogP contribution < -0.4 is 9.21 Å². The van der Waals surface area contributed by atoms with Crippen LogP contribution in [0.15, 0.2) is 64.4 Å². The Hall–Kier alpha value is -4.50. The van der Waals surface area contributed by atoms with E-state index in [4.69, 9.17) is 4.74 Å². The lowest BCUT2D eigenvalue weighted by atomic mass is 9.99. The van der Waals surface area contributed by atoms with Crippen LogP contribution in [0.25, 0.3) is 11.1 Å². The van der Waals surface area contributed by atoms with E-state index in [-0.39, 0.29) is 9.87 Å². The van der Waals surface area contributed by atoms with Gasteiger partial charge in [0.05, 0.1) is 17.7 Å². The minimum atomic E-state index is -5.36. The van der Waals surface area contributed by atoms with Crippen molar-refractivity contribution in [3.05, 3.63) is 88.3 Å². The van der Waals surface area contributed by atoms with E-state index in [9.17, 15) is 23.1 Å². The highest BCUT2D eigenvalue weighted by molar-refractivity contribution is 7.93. The minimum Gasteiger partial charge on any atom is -0.464 e. The number of hydrogen-bond acceptors (Lipinski definition) is 8. The molecular weight excluding hydrogens is 609 g/mol. The lowest BCUT2D eigenvalue weighted by Crippen LogP contribution is -2.38. The number of anilines is 2. The highest BCUT2D eigenvalue weighted by atomic mass is 32.2. The Balaban J connectivity index is 1.85. The number of ether oxygens (including phenoxy) is 1.